The topological polar surface area (TPSA) is 29.1 Å². The molecule has 0 bridgehead atoms. The Labute approximate surface area is 139 Å². The van der Waals surface area contributed by atoms with Crippen LogP contribution in [-0.2, 0) is 4.79 Å². The van der Waals surface area contributed by atoms with Gasteiger partial charge in [0.1, 0.15) is 0 Å². The van der Waals surface area contributed by atoms with Crippen molar-refractivity contribution in [1.82, 2.24) is 5.32 Å². The molecule has 0 fully saturated rings. The van der Waals surface area contributed by atoms with Crippen molar-refractivity contribution in [2.45, 2.75) is 117 Å². The van der Waals surface area contributed by atoms with Crippen molar-refractivity contribution in [2.75, 3.05) is 6.54 Å². The van der Waals surface area contributed by atoms with Crippen molar-refractivity contribution in [2.24, 2.45) is 0 Å². The highest BCUT2D eigenvalue weighted by Gasteiger charge is 2.00. The van der Waals surface area contributed by atoms with E-state index in [1.807, 2.05) is 0 Å². The fraction of sp³-hybridized carbons (Fsp3) is 0.950. The summed E-state index contributed by atoms with van der Waals surface area (Å²) in [7, 11) is 0. The zero-order valence-corrected chi connectivity index (χ0v) is 15.4. The summed E-state index contributed by atoms with van der Waals surface area (Å²) in [5.74, 6) is 0.257. The summed E-state index contributed by atoms with van der Waals surface area (Å²) in [4.78, 5) is 11.6. The lowest BCUT2D eigenvalue weighted by Gasteiger charge is -2.05. The molecule has 0 atom stereocenters. The van der Waals surface area contributed by atoms with E-state index in [9.17, 15) is 4.79 Å². The number of nitrogens with one attached hydrogen (secondary N) is 1. The molecule has 0 heterocycles. The Morgan fingerprint density at radius 3 is 1.50 bits per heavy atom. The second kappa shape index (κ2) is 18.5. The lowest BCUT2D eigenvalue weighted by molar-refractivity contribution is -0.121. The van der Waals surface area contributed by atoms with Crippen LogP contribution in [0.5, 0.6) is 0 Å². The van der Waals surface area contributed by atoms with Gasteiger partial charge in [-0.2, -0.15) is 0 Å². The minimum atomic E-state index is 0.257. The van der Waals surface area contributed by atoms with Gasteiger partial charge >= 0.3 is 0 Å². The number of hydrogen-bond donors (Lipinski definition) is 1. The highest BCUT2D eigenvalue weighted by molar-refractivity contribution is 5.75. The van der Waals surface area contributed by atoms with E-state index in [2.05, 4.69) is 19.2 Å². The quantitative estimate of drug-likeness (QED) is 0.310. The monoisotopic (exact) mass is 311 g/mol. The van der Waals surface area contributed by atoms with Crippen LogP contribution in [0.4, 0.5) is 0 Å². The van der Waals surface area contributed by atoms with Crippen molar-refractivity contribution < 1.29 is 4.79 Å². The Morgan fingerprint density at radius 1 is 0.591 bits per heavy atom. The molecule has 1 N–H and O–H groups in total. The van der Waals surface area contributed by atoms with Crippen LogP contribution in [0.25, 0.3) is 0 Å². The Bertz CT molecular complexity index is 228. The van der Waals surface area contributed by atoms with E-state index >= 15 is 0 Å². The first-order chi connectivity index (χ1) is 10.8. The van der Waals surface area contributed by atoms with Gasteiger partial charge in [0.15, 0.2) is 0 Å². The maximum Gasteiger partial charge on any atom is 0.219 e. The first-order valence-corrected chi connectivity index (χ1v) is 10.1. The minimum absolute atomic E-state index is 0.257. The Hall–Kier alpha value is -0.530. The predicted molar refractivity (Wildman–Crippen MR) is 98.2 cm³/mol. The van der Waals surface area contributed by atoms with Crippen LogP contribution in [0.3, 0.4) is 0 Å². The summed E-state index contributed by atoms with van der Waals surface area (Å²) in [6, 6.07) is 0. The third-order valence-corrected chi connectivity index (χ3v) is 4.36. The standard InChI is InChI=1S/C20H41NO/c1-3-5-7-9-10-11-12-13-14-15-16-18-20(22)21-19-17-8-6-4-2/h3-19H2,1-2H3,(H,21,22). The summed E-state index contributed by atoms with van der Waals surface area (Å²) in [6.45, 7) is 5.36. The van der Waals surface area contributed by atoms with E-state index in [0.29, 0.717) is 0 Å². The summed E-state index contributed by atoms with van der Waals surface area (Å²) >= 11 is 0. The van der Waals surface area contributed by atoms with Gasteiger partial charge in [0.2, 0.25) is 5.91 Å². The molecule has 132 valence electrons. The molecule has 0 aromatic heterocycles. The number of carbonyl (C=O) groups is 1. The summed E-state index contributed by atoms with van der Waals surface area (Å²) in [6.07, 6.45) is 20.4. The number of hydrogen-bond acceptors (Lipinski definition) is 1. The van der Waals surface area contributed by atoms with E-state index < -0.39 is 0 Å². The fourth-order valence-electron chi connectivity index (χ4n) is 2.82. The summed E-state index contributed by atoms with van der Waals surface area (Å²) < 4.78 is 0. The second-order valence-electron chi connectivity index (χ2n) is 6.70. The first-order valence-electron chi connectivity index (χ1n) is 10.1. The highest BCUT2D eigenvalue weighted by atomic mass is 16.1. The van der Waals surface area contributed by atoms with Crippen LogP contribution in [0.2, 0.25) is 0 Å². The average molecular weight is 312 g/mol. The lowest BCUT2D eigenvalue weighted by Crippen LogP contribution is -2.23. The van der Waals surface area contributed by atoms with Crippen molar-refractivity contribution in [3.8, 4) is 0 Å². The van der Waals surface area contributed by atoms with Crippen molar-refractivity contribution in [3.05, 3.63) is 0 Å². The molecule has 22 heavy (non-hydrogen) atoms. The third kappa shape index (κ3) is 17.5. The van der Waals surface area contributed by atoms with Gasteiger partial charge in [-0.25, -0.2) is 0 Å². The SMILES string of the molecule is CCCCCCCCCCCCCC(=O)NCCCCCC. The molecule has 0 aromatic rings. The van der Waals surface area contributed by atoms with Gasteiger partial charge < -0.3 is 5.32 Å². The molecule has 1 amide bonds. The minimum Gasteiger partial charge on any atom is -0.356 e. The number of amides is 1. The van der Waals surface area contributed by atoms with Crippen LogP contribution in [-0.4, -0.2) is 12.5 Å². The van der Waals surface area contributed by atoms with E-state index in [1.54, 1.807) is 0 Å². The molecule has 0 aliphatic heterocycles. The molecule has 2 nitrogen and oxygen atoms in total. The molecule has 0 spiro atoms. The number of carbonyl (C=O) groups excluding carboxylic acids is 1. The molecule has 0 unspecified atom stereocenters. The molecule has 2 heteroatoms. The normalized spacial score (nSPS) is 10.8. The molecular weight excluding hydrogens is 270 g/mol. The van der Waals surface area contributed by atoms with Gasteiger partial charge in [-0.1, -0.05) is 97.3 Å². The zero-order chi connectivity index (χ0) is 16.3. The van der Waals surface area contributed by atoms with Crippen molar-refractivity contribution in [1.29, 1.82) is 0 Å². The third-order valence-electron chi connectivity index (χ3n) is 4.36. The van der Waals surface area contributed by atoms with Crippen LogP contribution in [0.15, 0.2) is 0 Å². The van der Waals surface area contributed by atoms with Gasteiger partial charge in [-0.05, 0) is 12.8 Å². The fourth-order valence-corrected chi connectivity index (χ4v) is 2.82. The maximum atomic E-state index is 11.6. The summed E-state index contributed by atoms with van der Waals surface area (Å²) in [5.41, 5.74) is 0. The van der Waals surface area contributed by atoms with E-state index in [0.717, 1.165) is 25.8 Å². The first kappa shape index (κ1) is 21.5. The van der Waals surface area contributed by atoms with Crippen molar-refractivity contribution >= 4 is 5.91 Å². The second-order valence-corrected chi connectivity index (χ2v) is 6.70. The molecular formula is C20H41NO. The Balaban J connectivity index is 3.10. The molecule has 0 rings (SSSR count). The number of rotatable bonds is 17. The number of unbranched alkanes of at least 4 members (excludes halogenated alkanes) is 13. The Morgan fingerprint density at radius 2 is 1.00 bits per heavy atom. The lowest BCUT2D eigenvalue weighted by atomic mass is 10.1. The van der Waals surface area contributed by atoms with Gasteiger partial charge in [0, 0.05) is 13.0 Å². The van der Waals surface area contributed by atoms with Crippen LogP contribution in [0.1, 0.15) is 117 Å². The Kier molecular flexibility index (Phi) is 18.1. The highest BCUT2D eigenvalue weighted by Crippen LogP contribution is 2.11. The van der Waals surface area contributed by atoms with Crippen LogP contribution < -0.4 is 5.32 Å². The van der Waals surface area contributed by atoms with Gasteiger partial charge in [-0.15, -0.1) is 0 Å². The van der Waals surface area contributed by atoms with Gasteiger partial charge in [0.25, 0.3) is 0 Å². The molecule has 0 saturated carbocycles. The summed E-state index contributed by atoms with van der Waals surface area (Å²) in [5, 5.41) is 3.04. The molecule has 0 saturated heterocycles. The van der Waals surface area contributed by atoms with E-state index in [1.165, 1.54) is 83.5 Å². The predicted octanol–water partition coefficient (Wildman–Crippen LogP) is 6.38. The van der Waals surface area contributed by atoms with Crippen molar-refractivity contribution in [3.63, 3.8) is 0 Å². The van der Waals surface area contributed by atoms with Crippen LogP contribution >= 0.6 is 0 Å². The molecule has 0 aliphatic carbocycles. The smallest absolute Gasteiger partial charge is 0.219 e. The van der Waals surface area contributed by atoms with Gasteiger partial charge in [-0.3, -0.25) is 4.79 Å². The molecule has 0 aromatic carbocycles. The maximum absolute atomic E-state index is 11.6. The molecule has 0 aliphatic rings. The van der Waals surface area contributed by atoms with Gasteiger partial charge in [0.05, 0.1) is 0 Å². The van der Waals surface area contributed by atoms with Crippen LogP contribution in [0, 0.1) is 0 Å². The molecule has 0 radical (unpaired) electrons. The average Bonchev–Trinajstić information content (AvgIpc) is 2.52. The zero-order valence-electron chi connectivity index (χ0n) is 15.4. The largest absolute Gasteiger partial charge is 0.356 e. The van der Waals surface area contributed by atoms with E-state index in [-0.39, 0.29) is 5.91 Å². The van der Waals surface area contributed by atoms with E-state index in [4.69, 9.17) is 0 Å².